The van der Waals surface area contributed by atoms with Gasteiger partial charge in [-0.2, -0.15) is 0 Å². The molecule has 3 heterocycles. The smallest absolute Gasteiger partial charge is 0.227 e. The van der Waals surface area contributed by atoms with Crippen LogP contribution in [0.15, 0.2) is 207 Å². The van der Waals surface area contributed by atoms with E-state index in [9.17, 15) is 0 Å². The largest absolute Gasteiger partial charge is 0.456 e. The molecule has 9 aromatic carbocycles. The van der Waals surface area contributed by atoms with Crippen molar-refractivity contribution >= 4 is 82.8 Å². The summed E-state index contributed by atoms with van der Waals surface area (Å²) in [6, 6.07) is 67.3. The van der Waals surface area contributed by atoms with Crippen LogP contribution in [0.1, 0.15) is 0 Å². The fourth-order valence-corrected chi connectivity index (χ4v) is 8.59. The molecule has 58 heavy (non-hydrogen) atoms. The van der Waals surface area contributed by atoms with Crippen LogP contribution in [0.5, 0.6) is 0 Å². The van der Waals surface area contributed by atoms with Gasteiger partial charge in [-0.15, -0.1) is 0 Å². The molecule has 0 aliphatic rings. The summed E-state index contributed by atoms with van der Waals surface area (Å²) in [5.41, 5.74) is 13.2. The minimum Gasteiger partial charge on any atom is -0.456 e. The molecule has 0 fully saturated rings. The van der Waals surface area contributed by atoms with Crippen LogP contribution in [0.4, 0.5) is 17.1 Å². The number of hydrogen-bond acceptors (Lipinski definition) is 5. The highest BCUT2D eigenvalue weighted by atomic mass is 16.3. The summed E-state index contributed by atoms with van der Waals surface area (Å²) in [4.78, 5) is 7.36. The van der Waals surface area contributed by atoms with Crippen molar-refractivity contribution in [2.75, 3.05) is 4.90 Å². The van der Waals surface area contributed by atoms with Crippen LogP contribution in [0, 0.1) is 0 Å². The Labute approximate surface area is 332 Å². The van der Waals surface area contributed by atoms with Crippen molar-refractivity contribution in [1.29, 1.82) is 0 Å². The second kappa shape index (κ2) is 12.8. The number of hydrogen-bond donors (Lipinski definition) is 0. The summed E-state index contributed by atoms with van der Waals surface area (Å²) in [6.45, 7) is 0. The van der Waals surface area contributed by atoms with Crippen LogP contribution >= 0.6 is 0 Å². The summed E-state index contributed by atoms with van der Waals surface area (Å²) in [6.07, 6.45) is 0. The van der Waals surface area contributed by atoms with E-state index in [2.05, 4.69) is 138 Å². The number of oxazole rings is 1. The van der Waals surface area contributed by atoms with Gasteiger partial charge in [-0.1, -0.05) is 127 Å². The number of nitrogens with zero attached hydrogens (tertiary/aromatic N) is 2. The maximum Gasteiger partial charge on any atom is 0.227 e. The SMILES string of the molecule is c1ccc(-c2ccc(N(c3ccc4oc5ccccc5c4c3)c3cccc4c3oc3c5ccccc5c(-c5cccc6oc(-c7ccccc7)nc56)cc43)cc2)cc1. The molecule has 0 bridgehead atoms. The first-order valence-electron chi connectivity index (χ1n) is 19.4. The predicted octanol–water partition coefficient (Wildman–Crippen LogP) is 15.3. The maximum absolute atomic E-state index is 7.10. The van der Waals surface area contributed by atoms with E-state index < -0.39 is 0 Å². The molecule has 5 nitrogen and oxygen atoms in total. The average molecular weight is 745 g/mol. The van der Waals surface area contributed by atoms with Gasteiger partial charge in [0, 0.05) is 49.4 Å². The third kappa shape index (κ3) is 5.07. The molecule has 12 aromatic rings. The van der Waals surface area contributed by atoms with Crippen molar-refractivity contribution in [2.24, 2.45) is 0 Å². The van der Waals surface area contributed by atoms with Crippen LogP contribution in [0.3, 0.4) is 0 Å². The molecule has 12 rings (SSSR count). The van der Waals surface area contributed by atoms with Gasteiger partial charge in [0.15, 0.2) is 11.2 Å². The Kier molecular flexibility index (Phi) is 7.16. The molecular weight excluding hydrogens is 713 g/mol. The van der Waals surface area contributed by atoms with Crippen molar-refractivity contribution in [1.82, 2.24) is 4.98 Å². The lowest BCUT2D eigenvalue weighted by atomic mass is 9.94. The highest BCUT2D eigenvalue weighted by Crippen LogP contribution is 2.47. The van der Waals surface area contributed by atoms with Gasteiger partial charge in [0.2, 0.25) is 5.89 Å². The Hall–Kier alpha value is -7.89. The lowest BCUT2D eigenvalue weighted by Crippen LogP contribution is -2.10. The minimum absolute atomic E-state index is 0.602. The number of benzene rings is 9. The summed E-state index contributed by atoms with van der Waals surface area (Å²) < 4.78 is 19.7. The number of fused-ring (bicyclic) bond motifs is 9. The highest BCUT2D eigenvalue weighted by molar-refractivity contribution is 6.22. The maximum atomic E-state index is 7.10. The zero-order valence-corrected chi connectivity index (χ0v) is 31.1. The normalized spacial score (nSPS) is 11.8. The molecule has 5 heteroatoms. The van der Waals surface area contributed by atoms with Crippen molar-refractivity contribution < 1.29 is 13.3 Å². The van der Waals surface area contributed by atoms with Crippen molar-refractivity contribution in [3.05, 3.63) is 194 Å². The van der Waals surface area contributed by atoms with Crippen LogP contribution in [-0.2, 0) is 0 Å². The Morgan fingerprint density at radius 3 is 1.79 bits per heavy atom. The van der Waals surface area contributed by atoms with Crippen molar-refractivity contribution in [3.8, 4) is 33.7 Å². The number of anilines is 3. The van der Waals surface area contributed by atoms with Crippen LogP contribution in [0.2, 0.25) is 0 Å². The van der Waals surface area contributed by atoms with Gasteiger partial charge in [-0.05, 0) is 88.8 Å². The van der Waals surface area contributed by atoms with E-state index in [0.717, 1.165) is 105 Å². The van der Waals surface area contributed by atoms with Gasteiger partial charge in [-0.3, -0.25) is 0 Å². The average Bonchev–Trinajstić information content (AvgIpc) is 4.01. The Morgan fingerprint density at radius 1 is 0.345 bits per heavy atom. The van der Waals surface area contributed by atoms with Crippen LogP contribution in [0.25, 0.3) is 99.5 Å². The molecule has 0 radical (unpaired) electrons. The Morgan fingerprint density at radius 2 is 0.966 bits per heavy atom. The highest BCUT2D eigenvalue weighted by Gasteiger charge is 2.23. The number of aromatic nitrogens is 1. The standard InChI is InChI=1S/C53H32N2O3/c1-3-13-33(14-4-1)34-25-27-36(28-26-34)55(37-29-30-48-44(31-37)39-18-9-10-23-47(39)56-48)46-22-11-21-42-45-32-43(38-17-7-8-19-41(38)51(45)58-52(42)46)40-20-12-24-49-50(40)54-53(57-49)35-15-5-2-6-16-35/h1-32H. The Bertz CT molecular complexity index is 3510. The second-order valence-corrected chi connectivity index (χ2v) is 14.7. The summed E-state index contributed by atoms with van der Waals surface area (Å²) in [5, 5.41) is 6.31. The van der Waals surface area contributed by atoms with Gasteiger partial charge in [0.25, 0.3) is 0 Å². The van der Waals surface area contributed by atoms with E-state index in [4.69, 9.17) is 18.2 Å². The van der Waals surface area contributed by atoms with E-state index in [0.29, 0.717) is 5.89 Å². The lowest BCUT2D eigenvalue weighted by molar-refractivity contribution is 0.620. The molecule has 0 saturated heterocycles. The van der Waals surface area contributed by atoms with E-state index in [1.807, 2.05) is 60.7 Å². The second-order valence-electron chi connectivity index (χ2n) is 14.7. The zero-order chi connectivity index (χ0) is 38.2. The summed E-state index contributed by atoms with van der Waals surface area (Å²) in [5.74, 6) is 0.602. The molecule has 0 spiro atoms. The molecule has 0 amide bonds. The first-order chi connectivity index (χ1) is 28.7. The summed E-state index contributed by atoms with van der Waals surface area (Å²) in [7, 11) is 0. The van der Waals surface area contributed by atoms with Gasteiger partial charge in [0.1, 0.15) is 22.3 Å². The van der Waals surface area contributed by atoms with Gasteiger partial charge < -0.3 is 18.2 Å². The molecule has 3 aromatic heterocycles. The molecule has 0 unspecified atom stereocenters. The molecule has 0 aliphatic heterocycles. The van der Waals surface area contributed by atoms with Crippen molar-refractivity contribution in [3.63, 3.8) is 0 Å². The number of para-hydroxylation sites is 3. The van der Waals surface area contributed by atoms with E-state index in [-0.39, 0.29) is 0 Å². The third-order valence-electron chi connectivity index (χ3n) is 11.3. The van der Waals surface area contributed by atoms with Gasteiger partial charge in [-0.25, -0.2) is 4.98 Å². The summed E-state index contributed by atoms with van der Waals surface area (Å²) >= 11 is 0. The Balaban J connectivity index is 1.09. The topological polar surface area (TPSA) is 55.6 Å². The lowest BCUT2D eigenvalue weighted by Gasteiger charge is -2.26. The quantitative estimate of drug-likeness (QED) is 0.170. The van der Waals surface area contributed by atoms with Crippen molar-refractivity contribution in [2.45, 2.75) is 0 Å². The minimum atomic E-state index is 0.602. The van der Waals surface area contributed by atoms with Gasteiger partial charge in [0.05, 0.1) is 5.69 Å². The third-order valence-corrected chi connectivity index (χ3v) is 11.3. The first kappa shape index (κ1) is 32.4. The van der Waals surface area contributed by atoms with Crippen LogP contribution < -0.4 is 4.90 Å². The van der Waals surface area contributed by atoms with Crippen LogP contribution in [-0.4, -0.2) is 4.98 Å². The fourth-order valence-electron chi connectivity index (χ4n) is 8.59. The zero-order valence-electron chi connectivity index (χ0n) is 31.1. The molecule has 0 saturated carbocycles. The van der Waals surface area contributed by atoms with E-state index in [1.54, 1.807) is 0 Å². The molecule has 0 atom stereocenters. The first-order valence-corrected chi connectivity index (χ1v) is 19.4. The number of rotatable bonds is 6. The van der Waals surface area contributed by atoms with E-state index >= 15 is 0 Å². The molecular formula is C53H32N2O3. The molecule has 272 valence electrons. The van der Waals surface area contributed by atoms with Gasteiger partial charge >= 0.3 is 0 Å². The predicted molar refractivity (Wildman–Crippen MR) is 237 cm³/mol. The molecule has 0 N–H and O–H groups in total. The fraction of sp³-hybridized carbons (Fsp3) is 0. The molecule has 0 aliphatic carbocycles. The van der Waals surface area contributed by atoms with E-state index in [1.165, 1.54) is 5.56 Å². The number of furan rings is 2. The monoisotopic (exact) mass is 744 g/mol.